The molecule has 0 bridgehead atoms. The first-order valence-corrected chi connectivity index (χ1v) is 5.76. The van der Waals surface area contributed by atoms with Gasteiger partial charge in [-0.2, -0.15) is 18.3 Å². The Labute approximate surface area is 118 Å². The van der Waals surface area contributed by atoms with Crippen LogP contribution in [0, 0.1) is 0 Å². The molecule has 0 fully saturated rings. The summed E-state index contributed by atoms with van der Waals surface area (Å²) in [6.07, 6.45) is -2.71. The zero-order valence-corrected chi connectivity index (χ0v) is 10.5. The van der Waals surface area contributed by atoms with Crippen LogP contribution in [0.25, 0.3) is 5.65 Å². The molecule has 3 aromatic rings. The van der Waals surface area contributed by atoms with Crippen LogP contribution in [0.5, 0.6) is 5.75 Å². The molecule has 0 aliphatic carbocycles. The van der Waals surface area contributed by atoms with Gasteiger partial charge in [-0.3, -0.25) is 5.10 Å². The van der Waals surface area contributed by atoms with Gasteiger partial charge < -0.3 is 4.74 Å². The smallest absolute Gasteiger partial charge is 0.419 e. The van der Waals surface area contributed by atoms with Gasteiger partial charge in [-0.1, -0.05) is 0 Å². The van der Waals surface area contributed by atoms with E-state index in [1.807, 2.05) is 0 Å². The van der Waals surface area contributed by atoms with E-state index in [4.69, 9.17) is 4.74 Å². The largest absolute Gasteiger partial charge is 0.433 e. The maximum atomic E-state index is 12.7. The summed E-state index contributed by atoms with van der Waals surface area (Å²) in [4.78, 5) is 23.3. The Bertz CT molecular complexity index is 907. The van der Waals surface area contributed by atoms with Crippen LogP contribution >= 0.6 is 0 Å². The molecule has 8 nitrogen and oxygen atoms in total. The summed E-state index contributed by atoms with van der Waals surface area (Å²) in [7, 11) is 0. The van der Waals surface area contributed by atoms with Crippen LogP contribution in [0.3, 0.4) is 0 Å². The quantitative estimate of drug-likeness (QED) is 0.686. The number of hydrogen-bond acceptors (Lipinski definition) is 5. The van der Waals surface area contributed by atoms with Crippen LogP contribution in [0.4, 0.5) is 13.2 Å². The van der Waals surface area contributed by atoms with Crippen LogP contribution < -0.4 is 10.4 Å². The van der Waals surface area contributed by atoms with Crippen molar-refractivity contribution in [1.82, 2.24) is 24.8 Å². The molecule has 0 aliphatic rings. The van der Waals surface area contributed by atoms with Gasteiger partial charge in [-0.15, -0.1) is 5.10 Å². The number of nitrogens with zero attached hydrogens (tertiary/aromatic N) is 3. The number of halogens is 3. The summed E-state index contributed by atoms with van der Waals surface area (Å²) in [5.41, 5.74) is -2.69. The topological polar surface area (TPSA) is 105 Å². The second kappa shape index (κ2) is 4.72. The molecule has 3 rings (SSSR count). The predicted octanol–water partition coefficient (Wildman–Crippen LogP) is 0.984. The zero-order chi connectivity index (χ0) is 15.9. The van der Waals surface area contributed by atoms with Crippen molar-refractivity contribution in [3.05, 3.63) is 46.3 Å². The highest BCUT2D eigenvalue weighted by Gasteiger charge is 2.38. The first-order chi connectivity index (χ1) is 10.4. The number of pyridine rings is 1. The lowest BCUT2D eigenvalue weighted by molar-refractivity contribution is -0.141. The van der Waals surface area contributed by atoms with E-state index in [2.05, 4.69) is 15.3 Å². The Kier molecular flexibility index (Phi) is 2.97. The Morgan fingerprint density at radius 2 is 2.09 bits per heavy atom. The van der Waals surface area contributed by atoms with Crippen molar-refractivity contribution < 1.29 is 22.7 Å². The average Bonchev–Trinajstić information content (AvgIpc) is 3.06. The van der Waals surface area contributed by atoms with Crippen LogP contribution in [-0.4, -0.2) is 30.8 Å². The number of fused-ring (bicyclic) bond motifs is 1. The van der Waals surface area contributed by atoms with Crippen molar-refractivity contribution >= 4 is 11.6 Å². The van der Waals surface area contributed by atoms with E-state index >= 15 is 0 Å². The lowest BCUT2D eigenvalue weighted by Gasteiger charge is -2.07. The molecule has 2 N–H and O–H groups in total. The summed E-state index contributed by atoms with van der Waals surface area (Å²) in [6.45, 7) is 0. The van der Waals surface area contributed by atoms with Gasteiger partial charge in [0.15, 0.2) is 11.4 Å². The molecule has 0 unspecified atom stereocenters. The number of aromatic nitrogens is 5. The van der Waals surface area contributed by atoms with Crippen molar-refractivity contribution in [2.24, 2.45) is 0 Å². The second-order valence-electron chi connectivity index (χ2n) is 4.14. The predicted molar refractivity (Wildman–Crippen MR) is 64.4 cm³/mol. The minimum absolute atomic E-state index is 0.0297. The number of hydrogen-bond donors (Lipinski definition) is 2. The van der Waals surface area contributed by atoms with E-state index in [9.17, 15) is 22.8 Å². The molecule has 0 atom stereocenters. The minimum atomic E-state index is -4.78. The fourth-order valence-corrected chi connectivity index (χ4v) is 1.80. The molecule has 0 saturated carbocycles. The lowest BCUT2D eigenvalue weighted by Crippen LogP contribution is -2.16. The van der Waals surface area contributed by atoms with Crippen molar-refractivity contribution in [3.63, 3.8) is 0 Å². The number of esters is 1. The SMILES string of the molecule is O=C(Oc1cccn2c(=O)[nH]nc12)c1cn[nH]c1C(F)(F)F. The zero-order valence-electron chi connectivity index (χ0n) is 10.5. The maximum Gasteiger partial charge on any atom is 0.433 e. The highest BCUT2D eigenvalue weighted by Crippen LogP contribution is 2.30. The Balaban J connectivity index is 1.98. The van der Waals surface area contributed by atoms with Crippen molar-refractivity contribution in [2.45, 2.75) is 6.18 Å². The van der Waals surface area contributed by atoms with Crippen molar-refractivity contribution in [3.8, 4) is 5.75 Å². The third kappa shape index (κ3) is 2.21. The lowest BCUT2D eigenvalue weighted by atomic mass is 10.2. The van der Waals surface area contributed by atoms with E-state index in [-0.39, 0.29) is 11.4 Å². The number of carbonyl (C=O) groups is 1. The van der Waals surface area contributed by atoms with Gasteiger partial charge in [0.1, 0.15) is 5.56 Å². The number of H-pyrrole nitrogens is 2. The van der Waals surface area contributed by atoms with Gasteiger partial charge in [0.2, 0.25) is 5.65 Å². The fraction of sp³-hybridized carbons (Fsp3) is 0.0909. The van der Waals surface area contributed by atoms with Crippen LogP contribution in [-0.2, 0) is 6.18 Å². The van der Waals surface area contributed by atoms with Gasteiger partial charge in [-0.05, 0) is 12.1 Å². The molecule has 0 aliphatic heterocycles. The molecule has 0 aromatic carbocycles. The standard InChI is InChI=1S/C11H6F3N5O3/c12-11(13,14)7-5(4-15-16-7)9(20)22-6-2-1-3-19-8(6)17-18-10(19)21/h1-4H,(H,15,16)(H,18,21). The average molecular weight is 313 g/mol. The van der Waals surface area contributed by atoms with E-state index in [1.54, 1.807) is 5.10 Å². The van der Waals surface area contributed by atoms with Crippen molar-refractivity contribution in [2.75, 3.05) is 0 Å². The molecular weight excluding hydrogens is 307 g/mol. The highest BCUT2D eigenvalue weighted by molar-refractivity contribution is 5.92. The minimum Gasteiger partial charge on any atom is -0.419 e. The van der Waals surface area contributed by atoms with Gasteiger partial charge in [0, 0.05) is 6.20 Å². The van der Waals surface area contributed by atoms with E-state index in [0.29, 0.717) is 6.20 Å². The van der Waals surface area contributed by atoms with Crippen LogP contribution in [0.2, 0.25) is 0 Å². The maximum absolute atomic E-state index is 12.7. The Hall–Kier alpha value is -3.11. The number of rotatable bonds is 2. The van der Waals surface area contributed by atoms with Crippen molar-refractivity contribution in [1.29, 1.82) is 0 Å². The van der Waals surface area contributed by atoms with Crippen LogP contribution in [0.15, 0.2) is 29.3 Å². The molecule has 0 spiro atoms. The van der Waals surface area contributed by atoms with Gasteiger partial charge in [0.05, 0.1) is 6.20 Å². The second-order valence-corrected chi connectivity index (χ2v) is 4.14. The highest BCUT2D eigenvalue weighted by atomic mass is 19.4. The molecule has 3 heterocycles. The van der Waals surface area contributed by atoms with E-state index in [1.165, 1.54) is 18.3 Å². The third-order valence-corrected chi connectivity index (χ3v) is 2.75. The summed E-state index contributed by atoms with van der Waals surface area (Å²) in [5.74, 6) is -1.44. The summed E-state index contributed by atoms with van der Waals surface area (Å²) < 4.78 is 44.0. The number of alkyl halides is 3. The monoisotopic (exact) mass is 313 g/mol. The van der Waals surface area contributed by atoms with Gasteiger partial charge in [-0.25, -0.2) is 19.1 Å². The number of carbonyl (C=O) groups excluding carboxylic acids is 1. The Morgan fingerprint density at radius 1 is 1.32 bits per heavy atom. The van der Waals surface area contributed by atoms with E-state index < -0.39 is 29.1 Å². The third-order valence-electron chi connectivity index (χ3n) is 2.75. The molecular formula is C11H6F3N5O3. The molecule has 0 radical (unpaired) electrons. The molecule has 114 valence electrons. The normalized spacial score (nSPS) is 11.8. The molecule has 11 heteroatoms. The summed E-state index contributed by atoms with van der Waals surface area (Å²) >= 11 is 0. The fourth-order valence-electron chi connectivity index (χ4n) is 1.80. The van der Waals surface area contributed by atoms with Gasteiger partial charge in [0.25, 0.3) is 0 Å². The first-order valence-electron chi connectivity index (χ1n) is 5.76. The summed E-state index contributed by atoms with van der Waals surface area (Å²) in [6, 6.07) is 2.67. The molecule has 0 saturated heterocycles. The van der Waals surface area contributed by atoms with E-state index in [0.717, 1.165) is 4.40 Å². The number of nitrogens with one attached hydrogen (secondary N) is 2. The molecule has 3 aromatic heterocycles. The van der Waals surface area contributed by atoms with Gasteiger partial charge >= 0.3 is 17.8 Å². The number of aromatic amines is 2. The Morgan fingerprint density at radius 3 is 2.82 bits per heavy atom. The van der Waals surface area contributed by atoms with Crippen LogP contribution in [0.1, 0.15) is 16.1 Å². The molecule has 0 amide bonds. The first kappa shape index (κ1) is 13.9. The summed E-state index contributed by atoms with van der Waals surface area (Å²) in [5, 5.41) is 10.7. The number of ether oxygens (including phenoxy) is 1. The molecule has 22 heavy (non-hydrogen) atoms.